The highest BCUT2D eigenvalue weighted by Crippen LogP contribution is 2.36. The lowest BCUT2D eigenvalue weighted by Gasteiger charge is -2.13. The van der Waals surface area contributed by atoms with Crippen molar-refractivity contribution in [2.75, 3.05) is 25.2 Å². The summed E-state index contributed by atoms with van der Waals surface area (Å²) in [4.78, 5) is 43.6. The van der Waals surface area contributed by atoms with E-state index in [9.17, 15) is 14.4 Å². The Morgan fingerprint density at radius 1 is 1.17 bits per heavy atom. The normalized spacial score (nSPS) is 13.3. The first-order chi connectivity index (χ1) is 14.4. The number of hydrogen-bond acceptors (Lipinski definition) is 5. The smallest absolute Gasteiger partial charge is 0.262 e. The van der Waals surface area contributed by atoms with Crippen LogP contribution in [0.25, 0.3) is 10.9 Å². The Labute approximate surface area is 178 Å². The van der Waals surface area contributed by atoms with Gasteiger partial charge in [-0.1, -0.05) is 30.0 Å². The highest BCUT2D eigenvalue weighted by Gasteiger charge is 2.28. The lowest BCUT2D eigenvalue weighted by atomic mass is 10.2. The summed E-state index contributed by atoms with van der Waals surface area (Å²) in [5.41, 5.74) is 1.64. The fourth-order valence-electron chi connectivity index (χ4n) is 3.20. The maximum absolute atomic E-state index is 12.9. The zero-order chi connectivity index (χ0) is 21.3. The first-order valence-electron chi connectivity index (χ1n) is 9.69. The van der Waals surface area contributed by atoms with E-state index in [0.29, 0.717) is 27.3 Å². The molecule has 3 aromatic rings. The topological polar surface area (TPSA) is 84.3 Å². The van der Waals surface area contributed by atoms with Crippen LogP contribution in [0.1, 0.15) is 29.2 Å². The largest absolute Gasteiger partial charge is 0.345 e. The molecule has 7 nitrogen and oxygen atoms in total. The van der Waals surface area contributed by atoms with Crippen LogP contribution in [0, 0.1) is 0 Å². The monoisotopic (exact) mass is 422 g/mol. The van der Waals surface area contributed by atoms with Crippen molar-refractivity contribution in [2.45, 2.75) is 24.0 Å². The first kappa shape index (κ1) is 20.2. The van der Waals surface area contributed by atoms with Gasteiger partial charge in [0.1, 0.15) is 0 Å². The summed E-state index contributed by atoms with van der Waals surface area (Å²) in [5.74, 6) is -0.239. The van der Waals surface area contributed by atoms with E-state index < -0.39 is 0 Å². The van der Waals surface area contributed by atoms with Crippen LogP contribution in [0.15, 0.2) is 58.5 Å². The SMILES string of the molecule is CN(C)C(=O)c1cccc(NC(=O)CSc2nc3ccccc3c(=O)n2C2CC2)c1. The minimum Gasteiger partial charge on any atom is -0.345 e. The zero-order valence-electron chi connectivity index (χ0n) is 16.8. The fourth-order valence-corrected chi connectivity index (χ4v) is 4.06. The number of nitrogens with zero attached hydrogens (tertiary/aromatic N) is 3. The number of hydrogen-bond donors (Lipinski definition) is 1. The molecule has 30 heavy (non-hydrogen) atoms. The second kappa shape index (κ2) is 8.31. The summed E-state index contributed by atoms with van der Waals surface area (Å²) in [6, 6.07) is 14.3. The minimum atomic E-state index is -0.223. The number of nitrogens with one attached hydrogen (secondary N) is 1. The third kappa shape index (κ3) is 4.23. The van der Waals surface area contributed by atoms with Gasteiger partial charge in [-0.3, -0.25) is 19.0 Å². The van der Waals surface area contributed by atoms with E-state index in [4.69, 9.17) is 0 Å². The average molecular weight is 423 g/mol. The number of benzene rings is 2. The third-order valence-electron chi connectivity index (χ3n) is 4.82. The molecule has 0 aliphatic heterocycles. The standard InChI is InChI=1S/C22H22N4O3S/c1-25(2)20(28)14-6-5-7-15(12-14)23-19(27)13-30-22-24-18-9-4-3-8-17(18)21(29)26(22)16-10-11-16/h3-9,12,16H,10-11,13H2,1-2H3,(H,23,27). The number of amides is 2. The number of fused-ring (bicyclic) bond motifs is 1. The molecule has 1 aliphatic rings. The van der Waals surface area contributed by atoms with E-state index in [1.807, 2.05) is 18.2 Å². The van der Waals surface area contributed by atoms with Crippen molar-refractivity contribution in [3.05, 3.63) is 64.4 Å². The average Bonchev–Trinajstić information content (AvgIpc) is 3.57. The van der Waals surface area contributed by atoms with Crippen molar-refractivity contribution in [1.82, 2.24) is 14.5 Å². The van der Waals surface area contributed by atoms with Crippen LogP contribution in [0.5, 0.6) is 0 Å². The third-order valence-corrected chi connectivity index (χ3v) is 5.77. The van der Waals surface area contributed by atoms with Crippen LogP contribution < -0.4 is 10.9 Å². The molecule has 0 bridgehead atoms. The van der Waals surface area contributed by atoms with Gasteiger partial charge in [-0.15, -0.1) is 0 Å². The highest BCUT2D eigenvalue weighted by atomic mass is 32.2. The van der Waals surface area contributed by atoms with E-state index in [2.05, 4.69) is 10.3 Å². The Balaban J connectivity index is 1.50. The van der Waals surface area contributed by atoms with E-state index >= 15 is 0 Å². The van der Waals surface area contributed by atoms with Crippen molar-refractivity contribution in [2.24, 2.45) is 0 Å². The number of anilines is 1. The Morgan fingerprint density at radius 2 is 1.93 bits per heavy atom. The fraction of sp³-hybridized carbons (Fsp3) is 0.273. The molecule has 1 saturated carbocycles. The van der Waals surface area contributed by atoms with Gasteiger partial charge in [-0.05, 0) is 43.2 Å². The van der Waals surface area contributed by atoms with Crippen LogP contribution >= 0.6 is 11.8 Å². The summed E-state index contributed by atoms with van der Waals surface area (Å²) in [6.07, 6.45) is 1.90. The first-order valence-corrected chi connectivity index (χ1v) is 10.7. The Hall–Kier alpha value is -3.13. The minimum absolute atomic E-state index is 0.0547. The number of para-hydroxylation sites is 1. The summed E-state index contributed by atoms with van der Waals surface area (Å²) < 4.78 is 1.72. The molecule has 0 spiro atoms. The van der Waals surface area contributed by atoms with Crippen LogP contribution in [-0.2, 0) is 4.79 Å². The van der Waals surface area contributed by atoms with Crippen molar-refractivity contribution in [3.63, 3.8) is 0 Å². The number of rotatable bonds is 6. The molecular weight excluding hydrogens is 400 g/mol. The van der Waals surface area contributed by atoms with E-state index in [1.54, 1.807) is 49.0 Å². The molecule has 0 unspecified atom stereocenters. The van der Waals surface area contributed by atoms with Gasteiger partial charge in [0.2, 0.25) is 5.91 Å². The number of carbonyl (C=O) groups is 2. The zero-order valence-corrected chi connectivity index (χ0v) is 17.6. The maximum Gasteiger partial charge on any atom is 0.262 e. The number of thioether (sulfide) groups is 1. The molecule has 1 aliphatic carbocycles. The second-order valence-corrected chi connectivity index (χ2v) is 8.38. The van der Waals surface area contributed by atoms with Crippen molar-refractivity contribution >= 4 is 40.2 Å². The molecular formula is C22H22N4O3S. The summed E-state index contributed by atoms with van der Waals surface area (Å²) in [5, 5.41) is 3.98. The van der Waals surface area contributed by atoms with Gasteiger partial charge < -0.3 is 10.2 Å². The van der Waals surface area contributed by atoms with Crippen LogP contribution in [0.4, 0.5) is 5.69 Å². The predicted octanol–water partition coefficient (Wildman–Crippen LogP) is 3.16. The quantitative estimate of drug-likeness (QED) is 0.487. The highest BCUT2D eigenvalue weighted by molar-refractivity contribution is 7.99. The lowest BCUT2D eigenvalue weighted by molar-refractivity contribution is -0.113. The molecule has 2 amide bonds. The summed E-state index contributed by atoms with van der Waals surface area (Å²) >= 11 is 1.25. The molecule has 4 rings (SSSR count). The van der Waals surface area contributed by atoms with Crippen LogP contribution in [-0.4, -0.2) is 46.1 Å². The van der Waals surface area contributed by atoms with Crippen molar-refractivity contribution < 1.29 is 9.59 Å². The van der Waals surface area contributed by atoms with E-state index in [1.165, 1.54) is 16.7 Å². The molecule has 1 fully saturated rings. The van der Waals surface area contributed by atoms with Crippen molar-refractivity contribution in [1.29, 1.82) is 0 Å². The van der Waals surface area contributed by atoms with E-state index in [0.717, 1.165) is 12.8 Å². The van der Waals surface area contributed by atoms with Gasteiger partial charge in [-0.2, -0.15) is 0 Å². The van der Waals surface area contributed by atoms with Gasteiger partial charge >= 0.3 is 0 Å². The molecule has 8 heteroatoms. The van der Waals surface area contributed by atoms with Gasteiger partial charge in [0.15, 0.2) is 5.16 Å². The second-order valence-electron chi connectivity index (χ2n) is 7.44. The lowest BCUT2D eigenvalue weighted by Crippen LogP contribution is -2.23. The number of carbonyl (C=O) groups excluding carboxylic acids is 2. The van der Waals surface area contributed by atoms with Gasteiger partial charge in [0.25, 0.3) is 11.5 Å². The van der Waals surface area contributed by atoms with Crippen molar-refractivity contribution in [3.8, 4) is 0 Å². The Morgan fingerprint density at radius 3 is 2.67 bits per heavy atom. The molecule has 154 valence electrons. The molecule has 1 heterocycles. The predicted molar refractivity (Wildman–Crippen MR) is 118 cm³/mol. The molecule has 0 saturated heterocycles. The van der Waals surface area contributed by atoms with E-state index in [-0.39, 0.29) is 29.2 Å². The van der Waals surface area contributed by atoms with Crippen LogP contribution in [0.3, 0.4) is 0 Å². The van der Waals surface area contributed by atoms with Crippen LogP contribution in [0.2, 0.25) is 0 Å². The maximum atomic E-state index is 12.9. The van der Waals surface area contributed by atoms with Gasteiger partial charge in [0.05, 0.1) is 16.7 Å². The van der Waals surface area contributed by atoms with Gasteiger partial charge in [-0.25, -0.2) is 4.98 Å². The van der Waals surface area contributed by atoms with Gasteiger partial charge in [0, 0.05) is 31.4 Å². The Bertz CT molecular complexity index is 1180. The Kier molecular flexibility index (Phi) is 5.59. The summed E-state index contributed by atoms with van der Waals surface area (Å²) in [6.45, 7) is 0. The molecule has 0 atom stereocenters. The molecule has 2 aromatic carbocycles. The molecule has 1 N–H and O–H groups in total. The number of aromatic nitrogens is 2. The molecule has 0 radical (unpaired) electrons. The molecule has 1 aromatic heterocycles. The summed E-state index contributed by atoms with van der Waals surface area (Å²) in [7, 11) is 3.36.